The van der Waals surface area contributed by atoms with Gasteiger partial charge in [0.05, 0.1) is 23.5 Å². The standard InChI is InChI=1S/C20H19Cl2NO6S/c1-4-28-20(27)17-10(2)18(11(3)24)30-19(17)23-15(25)9-29-16(26)7-12-5-6-13(21)8-14(12)22/h5-6,8H,4,7,9H2,1-3H3,(H,23,25). The fourth-order valence-corrected chi connectivity index (χ4v) is 4.15. The van der Waals surface area contributed by atoms with Crippen molar-refractivity contribution >= 4 is 63.2 Å². The Morgan fingerprint density at radius 3 is 2.43 bits per heavy atom. The molecule has 1 heterocycles. The van der Waals surface area contributed by atoms with Gasteiger partial charge in [0.25, 0.3) is 5.91 Å². The van der Waals surface area contributed by atoms with E-state index >= 15 is 0 Å². The third-order valence-corrected chi connectivity index (χ3v) is 5.81. The lowest BCUT2D eigenvalue weighted by Crippen LogP contribution is -2.22. The second-order valence-electron chi connectivity index (χ2n) is 6.16. The summed E-state index contributed by atoms with van der Waals surface area (Å²) in [6.07, 6.45) is -0.135. The van der Waals surface area contributed by atoms with Crippen LogP contribution in [0.4, 0.5) is 5.00 Å². The van der Waals surface area contributed by atoms with Crippen LogP contribution in [0, 0.1) is 6.92 Å². The van der Waals surface area contributed by atoms with Gasteiger partial charge in [0.15, 0.2) is 12.4 Å². The summed E-state index contributed by atoms with van der Waals surface area (Å²) < 4.78 is 9.98. The molecule has 2 aromatic rings. The topological polar surface area (TPSA) is 98.8 Å². The number of benzene rings is 1. The minimum Gasteiger partial charge on any atom is -0.462 e. The van der Waals surface area contributed by atoms with Crippen molar-refractivity contribution in [2.45, 2.75) is 27.2 Å². The van der Waals surface area contributed by atoms with Gasteiger partial charge in [0.1, 0.15) is 5.00 Å². The van der Waals surface area contributed by atoms with Crippen molar-refractivity contribution in [3.05, 3.63) is 49.8 Å². The number of ketones is 1. The lowest BCUT2D eigenvalue weighted by molar-refractivity contribution is -0.146. The summed E-state index contributed by atoms with van der Waals surface area (Å²) in [6, 6.07) is 4.68. The molecule has 0 bridgehead atoms. The second kappa shape index (κ2) is 10.6. The van der Waals surface area contributed by atoms with Crippen LogP contribution in [0.15, 0.2) is 18.2 Å². The maximum Gasteiger partial charge on any atom is 0.341 e. The molecule has 0 fully saturated rings. The van der Waals surface area contributed by atoms with Gasteiger partial charge in [-0.3, -0.25) is 14.4 Å². The molecule has 0 atom stereocenters. The molecule has 0 aliphatic carbocycles. The van der Waals surface area contributed by atoms with E-state index in [1.165, 1.54) is 13.0 Å². The van der Waals surface area contributed by atoms with Crippen LogP contribution in [0.5, 0.6) is 0 Å². The van der Waals surface area contributed by atoms with Gasteiger partial charge in [-0.15, -0.1) is 11.3 Å². The molecule has 7 nitrogen and oxygen atoms in total. The number of amides is 1. The maximum absolute atomic E-state index is 12.2. The van der Waals surface area contributed by atoms with E-state index in [2.05, 4.69) is 5.32 Å². The van der Waals surface area contributed by atoms with E-state index in [9.17, 15) is 19.2 Å². The molecule has 160 valence electrons. The van der Waals surface area contributed by atoms with Crippen molar-refractivity contribution in [1.82, 2.24) is 0 Å². The van der Waals surface area contributed by atoms with Gasteiger partial charge >= 0.3 is 11.9 Å². The summed E-state index contributed by atoms with van der Waals surface area (Å²) in [5.41, 5.74) is 1.05. The summed E-state index contributed by atoms with van der Waals surface area (Å²) in [6.45, 7) is 4.19. The van der Waals surface area contributed by atoms with E-state index in [0.29, 0.717) is 26.0 Å². The van der Waals surface area contributed by atoms with Gasteiger partial charge in [-0.1, -0.05) is 29.3 Å². The predicted molar refractivity (Wildman–Crippen MR) is 115 cm³/mol. The van der Waals surface area contributed by atoms with Crippen LogP contribution in [0.3, 0.4) is 0 Å². The lowest BCUT2D eigenvalue weighted by Gasteiger charge is -2.08. The minimum absolute atomic E-state index is 0.111. The van der Waals surface area contributed by atoms with Crippen molar-refractivity contribution in [3.63, 3.8) is 0 Å². The fourth-order valence-electron chi connectivity index (χ4n) is 2.57. The highest BCUT2D eigenvalue weighted by Crippen LogP contribution is 2.34. The first-order chi connectivity index (χ1) is 14.1. The molecule has 1 N–H and O–H groups in total. The molecule has 30 heavy (non-hydrogen) atoms. The fraction of sp³-hybridized carbons (Fsp3) is 0.300. The van der Waals surface area contributed by atoms with Crippen LogP contribution in [0.1, 0.15) is 45.0 Å². The average molecular weight is 472 g/mol. The molecule has 0 aliphatic heterocycles. The summed E-state index contributed by atoms with van der Waals surface area (Å²) in [5.74, 6) is -2.21. The Hall–Kier alpha value is -2.42. The zero-order chi connectivity index (χ0) is 22.4. The van der Waals surface area contributed by atoms with Crippen molar-refractivity contribution in [1.29, 1.82) is 0 Å². The van der Waals surface area contributed by atoms with E-state index < -0.39 is 24.5 Å². The lowest BCUT2D eigenvalue weighted by atomic mass is 10.1. The molecule has 1 aromatic carbocycles. The van der Waals surface area contributed by atoms with Crippen molar-refractivity contribution in [2.24, 2.45) is 0 Å². The molecule has 0 saturated heterocycles. The van der Waals surface area contributed by atoms with Gasteiger partial charge in [0.2, 0.25) is 0 Å². The molecule has 0 saturated carbocycles. The first-order valence-electron chi connectivity index (χ1n) is 8.84. The molecule has 2 rings (SSSR count). The molecular weight excluding hydrogens is 453 g/mol. The molecule has 1 amide bonds. The second-order valence-corrected chi connectivity index (χ2v) is 8.02. The quantitative estimate of drug-likeness (QED) is 0.450. The van der Waals surface area contributed by atoms with Crippen LogP contribution in [0.25, 0.3) is 0 Å². The largest absolute Gasteiger partial charge is 0.462 e. The van der Waals surface area contributed by atoms with Gasteiger partial charge < -0.3 is 14.8 Å². The normalized spacial score (nSPS) is 10.4. The van der Waals surface area contributed by atoms with Crippen molar-refractivity contribution < 1.29 is 28.7 Å². The zero-order valence-corrected chi connectivity index (χ0v) is 18.8. The minimum atomic E-state index is -0.660. The summed E-state index contributed by atoms with van der Waals surface area (Å²) in [4.78, 5) is 48.6. The maximum atomic E-state index is 12.2. The summed E-state index contributed by atoms with van der Waals surface area (Å²) in [5, 5.41) is 3.42. The first kappa shape index (κ1) is 23.9. The Morgan fingerprint density at radius 2 is 1.83 bits per heavy atom. The number of ether oxygens (including phenoxy) is 2. The first-order valence-corrected chi connectivity index (χ1v) is 10.4. The van der Waals surface area contributed by atoms with Crippen molar-refractivity contribution in [2.75, 3.05) is 18.5 Å². The monoisotopic (exact) mass is 471 g/mol. The van der Waals surface area contributed by atoms with Crippen LogP contribution < -0.4 is 5.32 Å². The Balaban J connectivity index is 2.05. The number of carbonyl (C=O) groups excluding carboxylic acids is 4. The molecular formula is C20H19Cl2NO6S. The SMILES string of the molecule is CCOC(=O)c1c(NC(=O)COC(=O)Cc2ccc(Cl)cc2Cl)sc(C(C)=O)c1C. The van der Waals surface area contributed by atoms with Gasteiger partial charge in [-0.25, -0.2) is 4.79 Å². The highest BCUT2D eigenvalue weighted by Gasteiger charge is 2.25. The van der Waals surface area contributed by atoms with E-state index in [-0.39, 0.29) is 29.4 Å². The van der Waals surface area contributed by atoms with Gasteiger partial charge in [-0.2, -0.15) is 0 Å². The smallest absolute Gasteiger partial charge is 0.341 e. The number of halogens is 2. The Kier molecular flexibility index (Phi) is 8.40. The third kappa shape index (κ3) is 6.04. The number of thiophene rings is 1. The number of Topliss-reactive ketones (excluding diaryl/α,β-unsaturated/α-hetero) is 1. The Bertz CT molecular complexity index is 1000. The third-order valence-electron chi connectivity index (χ3n) is 3.91. The average Bonchev–Trinajstić information content (AvgIpc) is 2.98. The van der Waals surface area contributed by atoms with Crippen LogP contribution >= 0.6 is 34.5 Å². The van der Waals surface area contributed by atoms with E-state index in [4.69, 9.17) is 32.7 Å². The molecule has 10 heteroatoms. The van der Waals surface area contributed by atoms with Gasteiger partial charge in [0, 0.05) is 10.0 Å². The summed E-state index contributed by atoms with van der Waals surface area (Å²) >= 11 is 12.8. The van der Waals surface area contributed by atoms with E-state index in [1.807, 2.05) is 0 Å². The van der Waals surface area contributed by atoms with Crippen molar-refractivity contribution in [3.8, 4) is 0 Å². The number of carbonyl (C=O) groups is 4. The molecule has 0 spiro atoms. The predicted octanol–water partition coefficient (Wildman–Crippen LogP) is 4.47. The Labute approximate surface area is 187 Å². The number of esters is 2. The number of hydrogen-bond acceptors (Lipinski definition) is 7. The highest BCUT2D eigenvalue weighted by molar-refractivity contribution is 7.18. The number of anilines is 1. The molecule has 0 unspecified atom stereocenters. The molecule has 0 radical (unpaired) electrons. The van der Waals surface area contributed by atoms with E-state index in [0.717, 1.165) is 11.3 Å². The van der Waals surface area contributed by atoms with E-state index in [1.54, 1.807) is 26.0 Å². The molecule has 0 aliphatic rings. The Morgan fingerprint density at radius 1 is 1.13 bits per heavy atom. The zero-order valence-electron chi connectivity index (χ0n) is 16.5. The number of nitrogens with one attached hydrogen (secondary N) is 1. The highest BCUT2D eigenvalue weighted by atomic mass is 35.5. The summed E-state index contributed by atoms with van der Waals surface area (Å²) in [7, 11) is 0. The molecule has 1 aromatic heterocycles. The van der Waals surface area contributed by atoms with Crippen LogP contribution in [0.2, 0.25) is 10.0 Å². The number of hydrogen-bond donors (Lipinski definition) is 1. The van der Waals surface area contributed by atoms with Crippen LogP contribution in [-0.4, -0.2) is 36.8 Å². The van der Waals surface area contributed by atoms with Crippen LogP contribution in [-0.2, 0) is 25.5 Å². The van der Waals surface area contributed by atoms with Gasteiger partial charge in [-0.05, 0) is 44.0 Å². The number of rotatable bonds is 8.